The van der Waals surface area contributed by atoms with E-state index in [2.05, 4.69) is 6.58 Å². The minimum Gasteiger partial charge on any atom is -0.481 e. The van der Waals surface area contributed by atoms with Crippen molar-refractivity contribution in [1.29, 1.82) is 0 Å². The zero-order valence-electron chi connectivity index (χ0n) is 17.7. The van der Waals surface area contributed by atoms with Crippen LogP contribution in [0.4, 0.5) is 0 Å². The predicted octanol–water partition coefficient (Wildman–Crippen LogP) is 4.49. The molecule has 1 aromatic carbocycles. The summed E-state index contributed by atoms with van der Waals surface area (Å²) in [5, 5.41) is 10.2. The van der Waals surface area contributed by atoms with Gasteiger partial charge >= 0.3 is 11.9 Å². The Labute approximate surface area is 177 Å². The predicted molar refractivity (Wildman–Crippen MR) is 113 cm³/mol. The quantitative estimate of drug-likeness (QED) is 0.389. The third-order valence-electron chi connectivity index (χ3n) is 6.88. The molecule has 1 unspecified atom stereocenters. The lowest BCUT2D eigenvalue weighted by Gasteiger charge is -2.24. The molecule has 0 heterocycles. The number of hydrogen-bond acceptors (Lipinski definition) is 4. The molecular weight excluding hydrogens is 380 g/mol. The summed E-state index contributed by atoms with van der Waals surface area (Å²) in [4.78, 5) is 37.1. The first-order valence-corrected chi connectivity index (χ1v) is 10.1. The van der Waals surface area contributed by atoms with Gasteiger partial charge < -0.3 is 9.84 Å². The van der Waals surface area contributed by atoms with Crippen LogP contribution in [0, 0.1) is 22.7 Å². The fourth-order valence-electron chi connectivity index (χ4n) is 5.22. The van der Waals surface area contributed by atoms with E-state index < -0.39 is 22.8 Å². The zero-order chi connectivity index (χ0) is 22.1. The molecule has 5 heteroatoms. The van der Waals surface area contributed by atoms with E-state index in [-0.39, 0.29) is 30.6 Å². The maximum atomic E-state index is 12.5. The minimum absolute atomic E-state index is 0.00859. The molecule has 0 bridgehead atoms. The summed E-state index contributed by atoms with van der Waals surface area (Å²) in [6, 6.07) is 9.35. The van der Waals surface area contributed by atoms with Crippen molar-refractivity contribution in [3.05, 3.63) is 71.8 Å². The lowest BCUT2D eigenvalue weighted by molar-refractivity contribution is -0.147. The summed E-state index contributed by atoms with van der Waals surface area (Å²) in [6.07, 6.45) is 5.27. The molecule has 2 aliphatic rings. The summed E-state index contributed by atoms with van der Waals surface area (Å²) in [6.45, 7) is 9.47. The second kappa shape index (κ2) is 8.05. The highest BCUT2D eigenvalue weighted by Gasteiger charge is 2.78. The number of carboxylic acids is 1. The Hall–Kier alpha value is -2.95. The number of ether oxygens (including phenoxy) is 1. The van der Waals surface area contributed by atoms with Gasteiger partial charge in [0.1, 0.15) is 6.61 Å². The summed E-state index contributed by atoms with van der Waals surface area (Å²) in [5.41, 5.74) is 0.670. The number of Topliss-reactive ketones (excluding diaryl/α,β-unsaturated/α-hetero) is 1. The van der Waals surface area contributed by atoms with Crippen LogP contribution in [-0.2, 0) is 25.7 Å². The van der Waals surface area contributed by atoms with Gasteiger partial charge in [-0.15, -0.1) is 6.58 Å². The van der Waals surface area contributed by atoms with Crippen molar-refractivity contribution in [2.75, 3.05) is 0 Å². The van der Waals surface area contributed by atoms with E-state index in [0.717, 1.165) is 11.1 Å². The van der Waals surface area contributed by atoms with Crippen LogP contribution in [0.2, 0.25) is 0 Å². The van der Waals surface area contributed by atoms with E-state index >= 15 is 0 Å². The Morgan fingerprint density at radius 2 is 1.93 bits per heavy atom. The highest BCUT2D eigenvalue weighted by molar-refractivity contribution is 6.01. The van der Waals surface area contributed by atoms with Crippen LogP contribution >= 0.6 is 0 Å². The van der Waals surface area contributed by atoms with E-state index in [0.29, 0.717) is 12.0 Å². The van der Waals surface area contributed by atoms with Gasteiger partial charge in [0.05, 0.1) is 5.41 Å². The van der Waals surface area contributed by atoms with Crippen LogP contribution in [0.15, 0.2) is 66.3 Å². The maximum absolute atomic E-state index is 12.5. The molecule has 30 heavy (non-hydrogen) atoms. The van der Waals surface area contributed by atoms with E-state index in [1.807, 2.05) is 51.1 Å². The van der Waals surface area contributed by atoms with Crippen molar-refractivity contribution in [3.8, 4) is 0 Å². The van der Waals surface area contributed by atoms with Crippen molar-refractivity contribution in [2.45, 2.75) is 40.2 Å². The van der Waals surface area contributed by atoms with Crippen molar-refractivity contribution in [2.24, 2.45) is 22.7 Å². The van der Waals surface area contributed by atoms with Crippen LogP contribution in [0.3, 0.4) is 0 Å². The van der Waals surface area contributed by atoms with Gasteiger partial charge in [0.25, 0.3) is 0 Å². The molecule has 0 amide bonds. The van der Waals surface area contributed by atoms with Gasteiger partial charge in [-0.1, -0.05) is 61.9 Å². The molecule has 0 aliphatic heterocycles. The number of benzene rings is 1. The van der Waals surface area contributed by atoms with E-state index in [1.165, 1.54) is 6.08 Å². The smallest absolute Gasteiger partial charge is 0.330 e. The SMILES string of the molecule is C=CCC1=C(C)C([C@@]2(C(=O)O)[C@H](C=CC(=O)OCc3ccccc3)C2(C)C)CC1=O. The Balaban J connectivity index is 1.79. The Kier molecular flexibility index (Phi) is 5.84. The van der Waals surface area contributed by atoms with E-state index in [9.17, 15) is 19.5 Å². The van der Waals surface area contributed by atoms with Crippen molar-refractivity contribution in [3.63, 3.8) is 0 Å². The average Bonchev–Trinajstić information content (AvgIpc) is 3.08. The molecular formula is C25H28O5. The minimum atomic E-state index is -1.12. The molecule has 1 fully saturated rings. The lowest BCUT2D eigenvalue weighted by atomic mass is 9.78. The number of esters is 1. The molecule has 0 saturated heterocycles. The molecule has 1 N–H and O–H groups in total. The summed E-state index contributed by atoms with van der Waals surface area (Å²) >= 11 is 0. The molecule has 1 aromatic rings. The number of carbonyl (C=O) groups is 3. The maximum Gasteiger partial charge on any atom is 0.330 e. The second-order valence-corrected chi connectivity index (χ2v) is 8.66. The van der Waals surface area contributed by atoms with E-state index in [4.69, 9.17) is 4.74 Å². The van der Waals surface area contributed by atoms with Crippen LogP contribution in [0.25, 0.3) is 0 Å². The highest BCUT2D eigenvalue weighted by atomic mass is 16.5. The summed E-state index contributed by atoms with van der Waals surface area (Å²) in [5.74, 6) is -2.21. The first kappa shape index (κ1) is 21.8. The molecule has 0 spiro atoms. The zero-order valence-corrected chi connectivity index (χ0v) is 17.7. The normalized spacial score (nSPS) is 27.4. The van der Waals surface area contributed by atoms with Crippen LogP contribution in [0.1, 0.15) is 39.2 Å². The number of ketones is 1. The highest BCUT2D eigenvalue weighted by Crippen LogP contribution is 2.75. The fourth-order valence-corrected chi connectivity index (χ4v) is 5.22. The number of carboxylic acid groups (broad SMARTS) is 1. The van der Waals surface area contributed by atoms with Gasteiger partial charge in [0, 0.05) is 24.3 Å². The molecule has 3 rings (SSSR count). The molecule has 3 atom stereocenters. The third kappa shape index (κ3) is 3.42. The second-order valence-electron chi connectivity index (χ2n) is 8.66. The fraction of sp³-hybridized carbons (Fsp3) is 0.400. The Morgan fingerprint density at radius 1 is 1.27 bits per heavy atom. The molecule has 0 radical (unpaired) electrons. The lowest BCUT2D eigenvalue weighted by Crippen LogP contribution is -2.31. The summed E-state index contributed by atoms with van der Waals surface area (Å²) in [7, 11) is 0. The number of allylic oxidation sites excluding steroid dienone is 4. The molecule has 1 saturated carbocycles. The van der Waals surface area contributed by atoms with Gasteiger partial charge in [0.2, 0.25) is 0 Å². The van der Waals surface area contributed by atoms with Crippen LogP contribution in [-0.4, -0.2) is 22.8 Å². The molecule has 158 valence electrons. The van der Waals surface area contributed by atoms with Crippen molar-refractivity contribution in [1.82, 2.24) is 0 Å². The van der Waals surface area contributed by atoms with Crippen molar-refractivity contribution < 1.29 is 24.2 Å². The first-order valence-electron chi connectivity index (χ1n) is 10.1. The molecule has 2 aliphatic carbocycles. The monoisotopic (exact) mass is 408 g/mol. The third-order valence-corrected chi connectivity index (χ3v) is 6.88. The van der Waals surface area contributed by atoms with Gasteiger partial charge in [-0.25, -0.2) is 4.79 Å². The number of aliphatic carboxylic acids is 1. The number of rotatable bonds is 8. The summed E-state index contributed by atoms with van der Waals surface area (Å²) < 4.78 is 5.27. The van der Waals surface area contributed by atoms with Gasteiger partial charge in [-0.3, -0.25) is 9.59 Å². The van der Waals surface area contributed by atoms with Gasteiger partial charge in [-0.05, 0) is 29.9 Å². The van der Waals surface area contributed by atoms with Crippen molar-refractivity contribution >= 4 is 17.7 Å². The molecule has 5 nitrogen and oxygen atoms in total. The van der Waals surface area contributed by atoms with Gasteiger partial charge in [0.15, 0.2) is 5.78 Å². The molecule has 0 aromatic heterocycles. The first-order chi connectivity index (χ1) is 14.2. The van der Waals surface area contributed by atoms with E-state index in [1.54, 1.807) is 12.2 Å². The topological polar surface area (TPSA) is 80.7 Å². The van der Waals surface area contributed by atoms with Gasteiger partial charge in [-0.2, -0.15) is 0 Å². The number of carbonyl (C=O) groups excluding carboxylic acids is 2. The van der Waals surface area contributed by atoms with Crippen LogP contribution < -0.4 is 0 Å². The largest absolute Gasteiger partial charge is 0.481 e. The van der Waals surface area contributed by atoms with Crippen LogP contribution in [0.5, 0.6) is 0 Å². The standard InChI is InChI=1S/C25H28O5/c1-5-9-18-16(2)19(14-20(18)26)25(23(28)29)21(24(25,3)4)12-13-22(27)30-15-17-10-7-6-8-11-17/h5-8,10-13,19,21H,1,9,14-15H2,2-4H3,(H,28,29)/t19?,21-,25+/m1/s1. The number of hydrogen-bond donors (Lipinski definition) is 1. The Bertz CT molecular complexity index is 938. The Morgan fingerprint density at radius 3 is 2.53 bits per heavy atom. The average molecular weight is 408 g/mol.